The number of para-hydroxylation sites is 1. The molecule has 0 radical (unpaired) electrons. The summed E-state index contributed by atoms with van der Waals surface area (Å²) < 4.78 is 0. The summed E-state index contributed by atoms with van der Waals surface area (Å²) in [6, 6.07) is 10.1. The molecule has 2 aromatic rings. The fraction of sp³-hybridized carbons (Fsp3) is 0.450. The summed E-state index contributed by atoms with van der Waals surface area (Å²) in [6.45, 7) is 1.59. The number of rotatable bonds is 2. The molecule has 1 aliphatic carbocycles. The quantitative estimate of drug-likeness (QED) is 0.868. The van der Waals surface area contributed by atoms with Crippen LogP contribution in [-0.4, -0.2) is 40.2 Å². The van der Waals surface area contributed by atoms with E-state index in [-0.39, 0.29) is 12.0 Å². The summed E-state index contributed by atoms with van der Waals surface area (Å²) in [5, 5.41) is 12.6. The number of aliphatic hydroxyl groups excluding tert-OH is 1. The van der Waals surface area contributed by atoms with E-state index >= 15 is 0 Å². The second-order valence-corrected chi connectivity index (χ2v) is 7.69. The Hall–Kier alpha value is -2.47. The van der Waals surface area contributed by atoms with Gasteiger partial charge < -0.3 is 15.3 Å². The second kappa shape index (κ2) is 5.77. The van der Waals surface area contributed by atoms with Crippen LogP contribution in [0.15, 0.2) is 36.7 Å². The lowest BCUT2D eigenvalue weighted by molar-refractivity contribution is -0.121. The van der Waals surface area contributed by atoms with E-state index in [1.165, 1.54) is 0 Å². The van der Waals surface area contributed by atoms with Gasteiger partial charge in [-0.15, -0.1) is 0 Å². The van der Waals surface area contributed by atoms with Gasteiger partial charge >= 0.3 is 0 Å². The molecule has 6 heteroatoms. The normalized spacial score (nSPS) is 26.3. The average molecular weight is 350 g/mol. The van der Waals surface area contributed by atoms with E-state index in [2.05, 4.69) is 32.3 Å². The molecule has 3 heterocycles. The molecule has 1 spiro atoms. The molecule has 1 saturated carbocycles. The molecule has 1 aromatic heterocycles. The molecule has 134 valence electrons. The predicted molar refractivity (Wildman–Crippen MR) is 98.2 cm³/mol. The van der Waals surface area contributed by atoms with Crippen molar-refractivity contribution in [2.24, 2.45) is 0 Å². The van der Waals surface area contributed by atoms with E-state index < -0.39 is 5.41 Å². The zero-order valence-corrected chi connectivity index (χ0v) is 14.6. The van der Waals surface area contributed by atoms with Gasteiger partial charge in [-0.2, -0.15) is 0 Å². The number of piperidine rings is 1. The zero-order valence-electron chi connectivity index (χ0n) is 14.6. The summed E-state index contributed by atoms with van der Waals surface area (Å²) in [5.41, 5.74) is 2.71. The molecule has 5 rings (SSSR count). The molecule has 3 aliphatic rings. The van der Waals surface area contributed by atoms with Gasteiger partial charge in [0.25, 0.3) is 0 Å². The molecular formula is C20H22N4O2. The van der Waals surface area contributed by atoms with E-state index in [4.69, 9.17) is 0 Å². The first kappa shape index (κ1) is 15.8. The lowest BCUT2D eigenvalue weighted by Gasteiger charge is -2.39. The van der Waals surface area contributed by atoms with Gasteiger partial charge in [0, 0.05) is 36.5 Å². The minimum absolute atomic E-state index is 0.130. The molecule has 6 nitrogen and oxygen atoms in total. The van der Waals surface area contributed by atoms with Crippen molar-refractivity contribution in [1.29, 1.82) is 0 Å². The third-order valence-corrected chi connectivity index (χ3v) is 6.27. The van der Waals surface area contributed by atoms with Crippen molar-refractivity contribution in [1.82, 2.24) is 9.97 Å². The summed E-state index contributed by atoms with van der Waals surface area (Å²) >= 11 is 0. The van der Waals surface area contributed by atoms with Gasteiger partial charge in [0.1, 0.15) is 12.1 Å². The van der Waals surface area contributed by atoms with Crippen molar-refractivity contribution < 1.29 is 9.90 Å². The van der Waals surface area contributed by atoms with Crippen molar-refractivity contribution >= 4 is 17.4 Å². The fourth-order valence-electron chi connectivity index (χ4n) is 4.57. The van der Waals surface area contributed by atoms with Gasteiger partial charge in [0.2, 0.25) is 5.91 Å². The third-order valence-electron chi connectivity index (χ3n) is 6.27. The highest BCUT2D eigenvalue weighted by atomic mass is 16.3. The first-order chi connectivity index (χ1) is 12.7. The Balaban J connectivity index is 1.35. The number of nitrogens with zero attached hydrogens (tertiary/aromatic N) is 3. The molecule has 1 amide bonds. The van der Waals surface area contributed by atoms with E-state index in [0.29, 0.717) is 5.92 Å². The van der Waals surface area contributed by atoms with Crippen molar-refractivity contribution in [3.63, 3.8) is 0 Å². The van der Waals surface area contributed by atoms with Gasteiger partial charge in [-0.3, -0.25) is 4.79 Å². The molecule has 2 fully saturated rings. The molecule has 1 saturated heterocycles. The number of benzene rings is 1. The Morgan fingerprint density at radius 3 is 2.69 bits per heavy atom. The molecule has 0 unspecified atom stereocenters. The maximum Gasteiger partial charge on any atom is 0.235 e. The van der Waals surface area contributed by atoms with Crippen LogP contribution >= 0.6 is 0 Å². The number of carbonyl (C=O) groups is 1. The summed E-state index contributed by atoms with van der Waals surface area (Å²) in [7, 11) is 0. The van der Waals surface area contributed by atoms with Crippen molar-refractivity contribution in [2.75, 3.05) is 23.3 Å². The average Bonchev–Trinajstić information content (AvgIpc) is 2.92. The second-order valence-electron chi connectivity index (χ2n) is 7.69. The number of aromatic nitrogens is 2. The number of aliphatic hydroxyl groups is 1. The Kier molecular flexibility index (Phi) is 3.50. The molecule has 26 heavy (non-hydrogen) atoms. The number of hydrogen-bond acceptors (Lipinski definition) is 5. The summed E-state index contributed by atoms with van der Waals surface area (Å²) in [5.74, 6) is 1.40. The van der Waals surface area contributed by atoms with E-state index in [0.717, 1.165) is 61.5 Å². The summed E-state index contributed by atoms with van der Waals surface area (Å²) in [4.78, 5) is 23.8. The molecule has 2 N–H and O–H groups in total. The fourth-order valence-corrected chi connectivity index (χ4v) is 4.57. The number of anilines is 2. The maximum atomic E-state index is 12.7. The highest BCUT2D eigenvalue weighted by Gasteiger charge is 2.48. The van der Waals surface area contributed by atoms with Crippen LogP contribution < -0.4 is 10.2 Å². The molecule has 0 bridgehead atoms. The Labute approximate surface area is 152 Å². The van der Waals surface area contributed by atoms with E-state index in [9.17, 15) is 9.90 Å². The van der Waals surface area contributed by atoms with Gasteiger partial charge in [-0.05, 0) is 37.3 Å². The lowest BCUT2D eigenvalue weighted by atomic mass is 9.73. The minimum atomic E-state index is -0.402. The standard InChI is InChI=1S/C20H22N4O2/c25-14-9-13(10-14)17-11-18(22-12-21-17)24-7-5-20(6-8-24)15-3-1-2-4-16(15)23-19(20)26/h1-4,11-14,25H,5-10H2,(H,23,26). The molecule has 2 aliphatic heterocycles. The molecule has 0 atom stereocenters. The first-order valence-electron chi connectivity index (χ1n) is 9.32. The smallest absolute Gasteiger partial charge is 0.235 e. The van der Waals surface area contributed by atoms with Crippen LogP contribution in [0.1, 0.15) is 42.9 Å². The number of hydrogen-bond donors (Lipinski definition) is 2. The Bertz CT molecular complexity index is 854. The minimum Gasteiger partial charge on any atom is -0.393 e. The predicted octanol–water partition coefficient (Wildman–Crippen LogP) is 2.21. The Morgan fingerprint density at radius 2 is 1.92 bits per heavy atom. The summed E-state index contributed by atoms with van der Waals surface area (Å²) in [6.07, 6.45) is 4.59. The van der Waals surface area contributed by atoms with E-state index in [1.807, 2.05) is 18.2 Å². The zero-order chi connectivity index (χ0) is 17.7. The third kappa shape index (κ3) is 2.32. The van der Waals surface area contributed by atoms with E-state index in [1.54, 1.807) is 6.33 Å². The monoisotopic (exact) mass is 350 g/mol. The number of nitrogens with one attached hydrogen (secondary N) is 1. The molecular weight excluding hydrogens is 328 g/mol. The topological polar surface area (TPSA) is 78.4 Å². The van der Waals surface area contributed by atoms with Crippen LogP contribution in [0, 0.1) is 0 Å². The Morgan fingerprint density at radius 1 is 1.15 bits per heavy atom. The van der Waals surface area contributed by atoms with Crippen LogP contribution in [0.4, 0.5) is 11.5 Å². The SMILES string of the molecule is O=C1Nc2ccccc2C12CCN(c1cc(C3CC(O)C3)ncn1)CC2. The van der Waals surface area contributed by atoms with Gasteiger partial charge in [-0.25, -0.2) is 9.97 Å². The van der Waals surface area contributed by atoms with Crippen molar-refractivity contribution in [3.8, 4) is 0 Å². The van der Waals surface area contributed by atoms with Gasteiger partial charge in [0.05, 0.1) is 11.5 Å². The highest BCUT2D eigenvalue weighted by Crippen LogP contribution is 2.45. The van der Waals surface area contributed by atoms with Crippen LogP contribution in [0.25, 0.3) is 0 Å². The van der Waals surface area contributed by atoms with Crippen molar-refractivity contribution in [3.05, 3.63) is 47.9 Å². The van der Waals surface area contributed by atoms with Gasteiger partial charge in [-0.1, -0.05) is 18.2 Å². The van der Waals surface area contributed by atoms with Crippen LogP contribution in [-0.2, 0) is 10.2 Å². The van der Waals surface area contributed by atoms with Crippen molar-refractivity contribution in [2.45, 2.75) is 43.1 Å². The van der Waals surface area contributed by atoms with Crippen LogP contribution in [0.3, 0.4) is 0 Å². The largest absolute Gasteiger partial charge is 0.393 e. The number of fused-ring (bicyclic) bond motifs is 2. The highest BCUT2D eigenvalue weighted by molar-refractivity contribution is 6.06. The first-order valence-corrected chi connectivity index (χ1v) is 9.32. The van der Waals surface area contributed by atoms with Gasteiger partial charge in [0.15, 0.2) is 0 Å². The van der Waals surface area contributed by atoms with Crippen LogP contribution in [0.2, 0.25) is 0 Å². The molecule has 1 aromatic carbocycles. The number of carbonyl (C=O) groups excluding carboxylic acids is 1. The number of amides is 1. The maximum absolute atomic E-state index is 12.7. The van der Waals surface area contributed by atoms with Crippen LogP contribution in [0.5, 0.6) is 0 Å². The lowest BCUT2D eigenvalue weighted by Crippen LogP contribution is -2.46.